The molecule has 1 amide bonds. The Hall–Kier alpha value is -2.55. The number of carbonyl (C=O) groups excluding carboxylic acids is 1. The molecule has 29 heavy (non-hydrogen) atoms. The summed E-state index contributed by atoms with van der Waals surface area (Å²) in [5.74, 6) is -0.253. The van der Waals surface area contributed by atoms with Crippen molar-refractivity contribution in [3.63, 3.8) is 0 Å². The summed E-state index contributed by atoms with van der Waals surface area (Å²) in [7, 11) is -3.47. The number of carbonyl (C=O) groups is 1. The van der Waals surface area contributed by atoms with Crippen molar-refractivity contribution in [1.82, 2.24) is 14.6 Å². The van der Waals surface area contributed by atoms with Crippen LogP contribution in [0.2, 0.25) is 0 Å². The topological polar surface area (TPSA) is 79.4 Å². The number of nitrogens with zero attached hydrogens (tertiary/aromatic N) is 2. The third-order valence-corrected chi connectivity index (χ3v) is 7.70. The Bertz CT molecular complexity index is 1090. The number of aromatic nitrogens is 1. The molecular formula is C21H21N3O3S2. The predicted molar refractivity (Wildman–Crippen MR) is 113 cm³/mol. The van der Waals surface area contributed by atoms with Gasteiger partial charge in [0, 0.05) is 48.0 Å². The molecule has 150 valence electrons. The molecule has 0 unspecified atom stereocenters. The molecule has 1 aliphatic heterocycles. The molecule has 4 rings (SSSR count). The van der Waals surface area contributed by atoms with Crippen LogP contribution in [0.3, 0.4) is 0 Å². The number of benzene rings is 1. The first-order valence-electron chi connectivity index (χ1n) is 9.40. The number of thiophene rings is 1. The lowest BCUT2D eigenvalue weighted by atomic mass is 10.1. The van der Waals surface area contributed by atoms with Crippen LogP contribution in [0.1, 0.15) is 28.8 Å². The van der Waals surface area contributed by atoms with Crippen LogP contribution >= 0.6 is 11.3 Å². The minimum Gasteiger partial charge on any atom is -0.348 e. The molecule has 0 spiro atoms. The van der Waals surface area contributed by atoms with Gasteiger partial charge >= 0.3 is 0 Å². The number of hydrogen-bond donors (Lipinski definition) is 1. The van der Waals surface area contributed by atoms with Crippen molar-refractivity contribution in [2.45, 2.75) is 24.3 Å². The fraction of sp³-hybridized carbons (Fsp3) is 0.238. The van der Waals surface area contributed by atoms with E-state index in [0.717, 1.165) is 28.8 Å². The maximum atomic E-state index is 12.6. The zero-order chi connectivity index (χ0) is 20.3. The Morgan fingerprint density at radius 2 is 1.86 bits per heavy atom. The van der Waals surface area contributed by atoms with Gasteiger partial charge in [-0.3, -0.25) is 9.78 Å². The molecule has 6 nitrogen and oxygen atoms in total. The van der Waals surface area contributed by atoms with E-state index in [9.17, 15) is 13.2 Å². The van der Waals surface area contributed by atoms with E-state index < -0.39 is 10.0 Å². The second-order valence-electron chi connectivity index (χ2n) is 6.88. The standard InChI is InChI=1S/C21H21N3O3S2/c25-21(23-14-16-12-18(15-22-13-16)20-4-3-11-28-20)17-5-7-19(8-6-17)29(26,27)24-9-1-2-10-24/h3-8,11-13,15H,1-2,9-10,14H2,(H,23,25). The van der Waals surface area contributed by atoms with Crippen molar-refractivity contribution in [1.29, 1.82) is 0 Å². The van der Waals surface area contributed by atoms with Gasteiger partial charge in [-0.25, -0.2) is 8.42 Å². The number of pyridine rings is 1. The Balaban J connectivity index is 1.41. The molecule has 0 saturated carbocycles. The first kappa shape index (κ1) is 19.8. The average molecular weight is 428 g/mol. The smallest absolute Gasteiger partial charge is 0.251 e. The van der Waals surface area contributed by atoms with Crippen LogP contribution in [0.15, 0.2) is 65.1 Å². The number of hydrogen-bond acceptors (Lipinski definition) is 5. The lowest BCUT2D eigenvalue weighted by molar-refractivity contribution is 0.0950. The average Bonchev–Trinajstić information content (AvgIpc) is 3.47. The molecule has 1 N–H and O–H groups in total. The number of rotatable bonds is 6. The van der Waals surface area contributed by atoms with Crippen LogP contribution in [0.25, 0.3) is 10.4 Å². The normalized spacial score (nSPS) is 14.8. The van der Waals surface area contributed by atoms with Gasteiger partial charge in [0.15, 0.2) is 0 Å². The quantitative estimate of drug-likeness (QED) is 0.653. The molecule has 3 heterocycles. The molecule has 1 aliphatic rings. The highest BCUT2D eigenvalue weighted by atomic mass is 32.2. The van der Waals surface area contributed by atoms with Crippen LogP contribution in [0, 0.1) is 0 Å². The van der Waals surface area contributed by atoms with Crippen molar-refractivity contribution in [2.24, 2.45) is 0 Å². The van der Waals surface area contributed by atoms with E-state index in [1.54, 1.807) is 35.9 Å². The molecular weight excluding hydrogens is 406 g/mol. The zero-order valence-electron chi connectivity index (χ0n) is 15.7. The van der Waals surface area contributed by atoms with Gasteiger partial charge in [-0.15, -0.1) is 11.3 Å². The zero-order valence-corrected chi connectivity index (χ0v) is 17.4. The molecule has 3 aromatic rings. The first-order chi connectivity index (χ1) is 14.0. The van der Waals surface area contributed by atoms with E-state index in [1.165, 1.54) is 16.4 Å². The summed E-state index contributed by atoms with van der Waals surface area (Å²) < 4.78 is 26.6. The summed E-state index contributed by atoms with van der Waals surface area (Å²) in [6, 6.07) is 12.1. The van der Waals surface area contributed by atoms with Gasteiger partial charge in [0.2, 0.25) is 10.0 Å². The summed E-state index contributed by atoms with van der Waals surface area (Å²) in [5, 5.41) is 4.88. The maximum absolute atomic E-state index is 12.6. The predicted octanol–water partition coefficient (Wildman–Crippen LogP) is 3.52. The number of sulfonamides is 1. The van der Waals surface area contributed by atoms with Gasteiger partial charge in [0.05, 0.1) is 4.90 Å². The highest BCUT2D eigenvalue weighted by molar-refractivity contribution is 7.89. The van der Waals surface area contributed by atoms with Crippen molar-refractivity contribution in [3.05, 3.63) is 71.4 Å². The van der Waals surface area contributed by atoms with E-state index in [4.69, 9.17) is 0 Å². The number of amides is 1. The molecule has 0 aliphatic carbocycles. The molecule has 0 bridgehead atoms. The van der Waals surface area contributed by atoms with Crippen molar-refractivity contribution < 1.29 is 13.2 Å². The van der Waals surface area contributed by atoms with Crippen molar-refractivity contribution in [2.75, 3.05) is 13.1 Å². The van der Waals surface area contributed by atoms with Gasteiger partial charge in [0.1, 0.15) is 0 Å². The summed E-state index contributed by atoms with van der Waals surface area (Å²) in [6.45, 7) is 1.46. The molecule has 1 saturated heterocycles. The Labute approximate surface area is 174 Å². The van der Waals surface area contributed by atoms with Gasteiger partial charge in [0.25, 0.3) is 5.91 Å². The molecule has 1 aromatic carbocycles. The van der Waals surface area contributed by atoms with Crippen molar-refractivity contribution >= 4 is 27.3 Å². The highest BCUT2D eigenvalue weighted by Crippen LogP contribution is 2.24. The minimum atomic E-state index is -3.47. The van der Waals surface area contributed by atoms with E-state index in [-0.39, 0.29) is 10.8 Å². The minimum absolute atomic E-state index is 0.226. The summed E-state index contributed by atoms with van der Waals surface area (Å²) in [5.41, 5.74) is 2.34. The Morgan fingerprint density at radius 1 is 1.10 bits per heavy atom. The van der Waals surface area contributed by atoms with Crippen LogP contribution in [0.5, 0.6) is 0 Å². The number of nitrogens with one attached hydrogen (secondary N) is 1. The fourth-order valence-electron chi connectivity index (χ4n) is 3.30. The molecule has 0 atom stereocenters. The molecule has 8 heteroatoms. The summed E-state index contributed by atoms with van der Waals surface area (Å²) in [4.78, 5) is 18.1. The monoisotopic (exact) mass is 427 g/mol. The summed E-state index contributed by atoms with van der Waals surface area (Å²) >= 11 is 1.64. The Morgan fingerprint density at radius 3 is 2.55 bits per heavy atom. The second kappa shape index (κ2) is 8.44. The van der Waals surface area contributed by atoms with Crippen LogP contribution in [0.4, 0.5) is 0 Å². The van der Waals surface area contributed by atoms with E-state index in [1.807, 2.05) is 23.6 Å². The lowest BCUT2D eigenvalue weighted by Gasteiger charge is -2.15. The van der Waals surface area contributed by atoms with Crippen LogP contribution < -0.4 is 5.32 Å². The third kappa shape index (κ3) is 4.39. The van der Waals surface area contributed by atoms with E-state index in [0.29, 0.717) is 25.2 Å². The van der Waals surface area contributed by atoms with Crippen LogP contribution in [-0.4, -0.2) is 36.7 Å². The maximum Gasteiger partial charge on any atom is 0.251 e. The van der Waals surface area contributed by atoms with Crippen molar-refractivity contribution in [3.8, 4) is 10.4 Å². The molecule has 2 aromatic heterocycles. The third-order valence-electron chi connectivity index (χ3n) is 4.87. The van der Waals surface area contributed by atoms with E-state index in [2.05, 4.69) is 10.3 Å². The van der Waals surface area contributed by atoms with Gasteiger partial charge < -0.3 is 5.32 Å². The molecule has 1 fully saturated rings. The van der Waals surface area contributed by atoms with Gasteiger partial charge in [-0.2, -0.15) is 4.31 Å². The highest BCUT2D eigenvalue weighted by Gasteiger charge is 2.27. The second-order valence-corrected chi connectivity index (χ2v) is 9.76. The largest absolute Gasteiger partial charge is 0.348 e. The fourth-order valence-corrected chi connectivity index (χ4v) is 5.53. The molecule has 0 radical (unpaired) electrons. The lowest BCUT2D eigenvalue weighted by Crippen LogP contribution is -2.28. The SMILES string of the molecule is O=C(NCc1cncc(-c2cccs2)c1)c1ccc(S(=O)(=O)N2CCCC2)cc1. The first-order valence-corrected chi connectivity index (χ1v) is 11.7. The van der Waals surface area contributed by atoms with Gasteiger partial charge in [-0.05, 0) is 60.2 Å². The van der Waals surface area contributed by atoms with Crippen LogP contribution in [-0.2, 0) is 16.6 Å². The van der Waals surface area contributed by atoms with Gasteiger partial charge in [-0.1, -0.05) is 6.07 Å². The summed E-state index contributed by atoms with van der Waals surface area (Å²) in [6.07, 6.45) is 5.31. The van der Waals surface area contributed by atoms with E-state index >= 15 is 0 Å². The Kier molecular flexibility index (Phi) is 5.75.